The van der Waals surface area contributed by atoms with Gasteiger partial charge < -0.3 is 14.7 Å². The van der Waals surface area contributed by atoms with E-state index >= 15 is 0 Å². The van der Waals surface area contributed by atoms with Gasteiger partial charge in [-0.15, -0.1) is 0 Å². The minimum Gasteiger partial charge on any atom is -0.507 e. The van der Waals surface area contributed by atoms with Crippen LogP contribution in [-0.4, -0.2) is 41.2 Å². The summed E-state index contributed by atoms with van der Waals surface area (Å²) in [5.74, 6) is -0.102. The monoisotopic (exact) mass is 235 g/mol. The lowest BCUT2D eigenvalue weighted by Gasteiger charge is -2.35. The number of rotatable bonds is 1. The first-order valence-electron chi connectivity index (χ1n) is 5.80. The van der Waals surface area contributed by atoms with Gasteiger partial charge in [0.1, 0.15) is 5.75 Å². The summed E-state index contributed by atoms with van der Waals surface area (Å²) >= 11 is 0. The highest BCUT2D eigenvalue weighted by Gasteiger charge is 2.27. The summed E-state index contributed by atoms with van der Waals surface area (Å²) in [6, 6.07) is 6.62. The van der Waals surface area contributed by atoms with E-state index in [1.807, 2.05) is 13.8 Å². The molecule has 0 bridgehead atoms. The van der Waals surface area contributed by atoms with E-state index in [-0.39, 0.29) is 23.9 Å². The number of benzene rings is 1. The van der Waals surface area contributed by atoms with Crippen molar-refractivity contribution in [3.05, 3.63) is 29.8 Å². The lowest BCUT2D eigenvalue weighted by Crippen LogP contribution is -2.48. The van der Waals surface area contributed by atoms with Crippen molar-refractivity contribution in [2.45, 2.75) is 26.1 Å². The van der Waals surface area contributed by atoms with E-state index in [0.29, 0.717) is 18.7 Å². The second kappa shape index (κ2) is 4.75. The predicted molar refractivity (Wildman–Crippen MR) is 64.0 cm³/mol. The predicted octanol–water partition coefficient (Wildman–Crippen LogP) is 1.64. The summed E-state index contributed by atoms with van der Waals surface area (Å²) in [5, 5.41) is 9.66. The van der Waals surface area contributed by atoms with Crippen molar-refractivity contribution < 1.29 is 14.6 Å². The maximum absolute atomic E-state index is 12.2. The summed E-state index contributed by atoms with van der Waals surface area (Å²) in [7, 11) is 0. The molecule has 2 atom stereocenters. The molecular weight excluding hydrogens is 218 g/mol. The molecule has 1 heterocycles. The average molecular weight is 235 g/mol. The summed E-state index contributed by atoms with van der Waals surface area (Å²) in [5.41, 5.74) is 0.355. The Hall–Kier alpha value is -1.55. The maximum Gasteiger partial charge on any atom is 0.257 e. The molecule has 1 amide bonds. The topological polar surface area (TPSA) is 49.8 Å². The molecule has 1 aliphatic rings. The van der Waals surface area contributed by atoms with E-state index in [1.165, 1.54) is 6.07 Å². The minimum atomic E-state index is -0.134. The van der Waals surface area contributed by atoms with Crippen molar-refractivity contribution in [2.24, 2.45) is 0 Å². The quantitative estimate of drug-likeness (QED) is 0.805. The molecule has 0 saturated carbocycles. The maximum atomic E-state index is 12.2. The fraction of sp³-hybridized carbons (Fsp3) is 0.462. The van der Waals surface area contributed by atoms with Gasteiger partial charge in [-0.05, 0) is 26.0 Å². The van der Waals surface area contributed by atoms with E-state index in [9.17, 15) is 9.90 Å². The highest BCUT2D eigenvalue weighted by atomic mass is 16.5. The lowest BCUT2D eigenvalue weighted by atomic mass is 10.1. The van der Waals surface area contributed by atoms with Gasteiger partial charge >= 0.3 is 0 Å². The van der Waals surface area contributed by atoms with E-state index < -0.39 is 0 Å². The Morgan fingerprint density at radius 1 is 1.29 bits per heavy atom. The number of phenols is 1. The molecule has 1 fully saturated rings. The molecule has 0 aliphatic carbocycles. The number of hydrogen-bond donors (Lipinski definition) is 1. The van der Waals surface area contributed by atoms with Gasteiger partial charge in [0.15, 0.2) is 0 Å². The van der Waals surface area contributed by atoms with Crippen LogP contribution in [0.3, 0.4) is 0 Å². The fourth-order valence-corrected chi connectivity index (χ4v) is 2.17. The van der Waals surface area contributed by atoms with Crippen LogP contribution >= 0.6 is 0 Å². The van der Waals surface area contributed by atoms with Gasteiger partial charge in [0.25, 0.3) is 5.91 Å². The van der Waals surface area contributed by atoms with Crippen LogP contribution in [0.4, 0.5) is 0 Å². The van der Waals surface area contributed by atoms with Crippen LogP contribution in [-0.2, 0) is 4.74 Å². The van der Waals surface area contributed by atoms with Crippen molar-refractivity contribution in [3.8, 4) is 5.75 Å². The molecule has 0 spiro atoms. The van der Waals surface area contributed by atoms with Gasteiger partial charge in [-0.3, -0.25) is 4.79 Å². The van der Waals surface area contributed by atoms with Crippen LogP contribution in [0.5, 0.6) is 5.75 Å². The van der Waals surface area contributed by atoms with Crippen molar-refractivity contribution in [1.29, 1.82) is 0 Å². The van der Waals surface area contributed by atoms with Crippen LogP contribution < -0.4 is 0 Å². The summed E-state index contributed by atoms with van der Waals surface area (Å²) in [6.07, 6.45) is 0.0714. The molecule has 1 N–H and O–H groups in total. The largest absolute Gasteiger partial charge is 0.507 e. The number of amides is 1. The normalized spacial score (nSPS) is 24.7. The first-order chi connectivity index (χ1) is 8.08. The molecule has 1 aliphatic heterocycles. The van der Waals surface area contributed by atoms with E-state index in [1.54, 1.807) is 23.1 Å². The first kappa shape index (κ1) is 11.9. The molecule has 0 aromatic heterocycles. The SMILES string of the molecule is C[C@@H]1CN(C(=O)c2ccccc2O)C[C@H](C)O1. The van der Waals surface area contributed by atoms with Crippen LogP contribution in [0.15, 0.2) is 24.3 Å². The number of morpholine rings is 1. The van der Waals surface area contributed by atoms with E-state index in [4.69, 9.17) is 4.74 Å². The summed E-state index contributed by atoms with van der Waals surface area (Å²) in [4.78, 5) is 14.0. The van der Waals surface area contributed by atoms with Gasteiger partial charge in [0, 0.05) is 13.1 Å². The van der Waals surface area contributed by atoms with Crippen molar-refractivity contribution in [3.63, 3.8) is 0 Å². The van der Waals surface area contributed by atoms with Gasteiger partial charge in [-0.1, -0.05) is 12.1 Å². The van der Waals surface area contributed by atoms with Crippen molar-refractivity contribution in [1.82, 2.24) is 4.90 Å². The minimum absolute atomic E-state index is 0.0318. The Kier molecular flexibility index (Phi) is 3.33. The number of carbonyl (C=O) groups is 1. The number of para-hydroxylation sites is 1. The molecule has 17 heavy (non-hydrogen) atoms. The van der Waals surface area contributed by atoms with Gasteiger partial charge in [0.2, 0.25) is 0 Å². The van der Waals surface area contributed by atoms with Gasteiger partial charge in [-0.2, -0.15) is 0 Å². The highest BCUT2D eigenvalue weighted by Crippen LogP contribution is 2.20. The average Bonchev–Trinajstić information content (AvgIpc) is 2.27. The van der Waals surface area contributed by atoms with Crippen LogP contribution in [0.2, 0.25) is 0 Å². The summed E-state index contributed by atoms with van der Waals surface area (Å²) in [6.45, 7) is 5.02. The standard InChI is InChI=1S/C13H17NO3/c1-9-7-14(8-10(2)17-9)13(16)11-5-3-4-6-12(11)15/h3-6,9-10,15H,7-8H2,1-2H3/t9-,10+. The van der Waals surface area contributed by atoms with E-state index in [0.717, 1.165) is 0 Å². The zero-order valence-corrected chi connectivity index (χ0v) is 10.1. The number of ether oxygens (including phenoxy) is 1. The Morgan fingerprint density at radius 3 is 2.47 bits per heavy atom. The Labute approximate surface area is 101 Å². The zero-order valence-electron chi connectivity index (χ0n) is 10.1. The Morgan fingerprint density at radius 2 is 1.88 bits per heavy atom. The molecule has 1 aromatic carbocycles. The van der Waals surface area contributed by atoms with Crippen LogP contribution in [0.1, 0.15) is 24.2 Å². The third-order valence-corrected chi connectivity index (χ3v) is 2.84. The van der Waals surface area contributed by atoms with Gasteiger partial charge in [-0.25, -0.2) is 0 Å². The van der Waals surface area contributed by atoms with Crippen molar-refractivity contribution in [2.75, 3.05) is 13.1 Å². The van der Waals surface area contributed by atoms with Crippen LogP contribution in [0, 0.1) is 0 Å². The number of carbonyl (C=O) groups excluding carboxylic acids is 1. The molecule has 92 valence electrons. The third kappa shape index (κ3) is 2.58. The number of hydrogen-bond acceptors (Lipinski definition) is 3. The number of nitrogens with zero attached hydrogens (tertiary/aromatic N) is 1. The number of aromatic hydroxyl groups is 1. The second-order valence-electron chi connectivity index (χ2n) is 4.48. The van der Waals surface area contributed by atoms with E-state index in [2.05, 4.69) is 0 Å². The highest BCUT2D eigenvalue weighted by molar-refractivity contribution is 5.96. The van der Waals surface area contributed by atoms with Gasteiger partial charge in [0.05, 0.1) is 17.8 Å². The molecule has 0 radical (unpaired) electrons. The molecule has 0 unspecified atom stereocenters. The first-order valence-corrected chi connectivity index (χ1v) is 5.80. The van der Waals surface area contributed by atoms with Crippen LogP contribution in [0.25, 0.3) is 0 Å². The second-order valence-corrected chi connectivity index (χ2v) is 4.48. The Bertz CT molecular complexity index is 409. The summed E-state index contributed by atoms with van der Waals surface area (Å²) < 4.78 is 5.58. The lowest BCUT2D eigenvalue weighted by molar-refractivity contribution is -0.0586. The molecule has 1 saturated heterocycles. The molecule has 1 aromatic rings. The van der Waals surface area contributed by atoms with Crippen molar-refractivity contribution >= 4 is 5.91 Å². The third-order valence-electron chi connectivity index (χ3n) is 2.84. The Balaban J connectivity index is 2.17. The zero-order chi connectivity index (χ0) is 12.4. The molecule has 2 rings (SSSR count). The smallest absolute Gasteiger partial charge is 0.257 e. The molecule has 4 heteroatoms. The molecule has 4 nitrogen and oxygen atoms in total. The fourth-order valence-electron chi connectivity index (χ4n) is 2.17. The number of phenolic OH excluding ortho intramolecular Hbond substituents is 1. The molecular formula is C13H17NO3.